The third kappa shape index (κ3) is 1.57. The van der Waals surface area contributed by atoms with Crippen LogP contribution in [-0.2, 0) is 20.0 Å². The van der Waals surface area contributed by atoms with Crippen molar-refractivity contribution in [1.82, 2.24) is 4.98 Å². The summed E-state index contributed by atoms with van der Waals surface area (Å²) in [6.07, 6.45) is 1.28. The second-order valence-corrected chi connectivity index (χ2v) is 2.30. The summed E-state index contributed by atoms with van der Waals surface area (Å²) >= 11 is 0. The Morgan fingerprint density at radius 3 is 2.33 bits per heavy atom. The average molecular weight is 175 g/mol. The van der Waals surface area contributed by atoms with Crippen molar-refractivity contribution in [2.75, 3.05) is 0 Å². The van der Waals surface area contributed by atoms with Crippen molar-refractivity contribution in [1.29, 1.82) is 0 Å². The maximum atomic E-state index is 12.2. The second-order valence-electron chi connectivity index (χ2n) is 2.30. The third-order valence-corrected chi connectivity index (χ3v) is 1.65. The average Bonchev–Trinajstić information content (AvgIpc) is 2.16. The van der Waals surface area contributed by atoms with E-state index < -0.39 is 20.0 Å². The minimum Gasteiger partial charge on any atom is -0.258 e. The van der Waals surface area contributed by atoms with Gasteiger partial charge in [0.15, 0.2) is 0 Å². The van der Waals surface area contributed by atoms with E-state index in [-0.39, 0.29) is 16.8 Å². The molecule has 0 unspecified atom stereocenters. The molecule has 1 nitrogen and oxygen atoms in total. The van der Waals surface area contributed by atoms with Crippen molar-refractivity contribution in [3.05, 3.63) is 29.1 Å². The van der Waals surface area contributed by atoms with Crippen molar-refractivity contribution in [3.63, 3.8) is 0 Å². The molecule has 0 amide bonds. The highest BCUT2D eigenvalue weighted by Gasteiger charge is 2.08. The molecule has 0 bridgehead atoms. The van der Waals surface area contributed by atoms with E-state index >= 15 is 0 Å². The summed E-state index contributed by atoms with van der Waals surface area (Å²) in [4.78, 5) is 3.59. The van der Waals surface area contributed by atoms with E-state index in [0.29, 0.717) is 0 Å². The number of alkyl halides is 3. The van der Waals surface area contributed by atoms with Gasteiger partial charge in [0.2, 0.25) is 0 Å². The zero-order chi connectivity index (χ0) is 8.97. The van der Waals surface area contributed by atoms with Gasteiger partial charge in [-0.25, -0.2) is 13.2 Å². The Morgan fingerprint density at radius 2 is 1.83 bits per heavy atom. The SMILES string of the molecule is FCc1ccnc(CF)c1CF. The Balaban J connectivity index is 3.13. The van der Waals surface area contributed by atoms with Crippen molar-refractivity contribution in [3.8, 4) is 0 Å². The molecule has 4 heteroatoms. The summed E-state index contributed by atoms with van der Waals surface area (Å²) in [5, 5.41) is 0. The van der Waals surface area contributed by atoms with E-state index in [1.165, 1.54) is 12.3 Å². The Morgan fingerprint density at radius 1 is 1.08 bits per heavy atom. The van der Waals surface area contributed by atoms with E-state index in [1.807, 2.05) is 0 Å². The van der Waals surface area contributed by atoms with Gasteiger partial charge in [0.1, 0.15) is 20.0 Å². The Hall–Kier alpha value is -1.06. The van der Waals surface area contributed by atoms with Crippen LogP contribution in [0.1, 0.15) is 16.8 Å². The number of aromatic nitrogens is 1. The van der Waals surface area contributed by atoms with Gasteiger partial charge in [0, 0.05) is 11.8 Å². The number of hydrogen-bond acceptors (Lipinski definition) is 1. The Kier molecular flexibility index (Phi) is 3.08. The molecule has 0 N–H and O–H groups in total. The monoisotopic (exact) mass is 175 g/mol. The van der Waals surface area contributed by atoms with Crippen molar-refractivity contribution >= 4 is 0 Å². The van der Waals surface area contributed by atoms with Crippen LogP contribution in [-0.4, -0.2) is 4.98 Å². The fraction of sp³-hybridized carbons (Fsp3) is 0.375. The molecule has 0 saturated heterocycles. The molecule has 0 fully saturated rings. The molecule has 66 valence electrons. The lowest BCUT2D eigenvalue weighted by Gasteiger charge is -2.04. The van der Waals surface area contributed by atoms with Crippen LogP contribution in [0.5, 0.6) is 0 Å². The van der Waals surface area contributed by atoms with Gasteiger partial charge in [-0.3, -0.25) is 4.98 Å². The molecule has 12 heavy (non-hydrogen) atoms. The van der Waals surface area contributed by atoms with E-state index in [1.54, 1.807) is 0 Å². The number of halogens is 3. The predicted octanol–water partition coefficient (Wildman–Crippen LogP) is 2.49. The predicted molar refractivity (Wildman–Crippen MR) is 38.7 cm³/mol. The zero-order valence-electron chi connectivity index (χ0n) is 6.36. The topological polar surface area (TPSA) is 12.9 Å². The molecule has 0 radical (unpaired) electrons. The number of nitrogens with zero attached hydrogens (tertiary/aromatic N) is 1. The summed E-state index contributed by atoms with van der Waals surface area (Å²) in [7, 11) is 0. The Labute approximate surface area is 68.2 Å². The van der Waals surface area contributed by atoms with E-state index in [4.69, 9.17) is 0 Å². The molecular weight excluding hydrogens is 167 g/mol. The number of hydrogen-bond donors (Lipinski definition) is 0. The normalized spacial score (nSPS) is 10.2. The van der Waals surface area contributed by atoms with Gasteiger partial charge >= 0.3 is 0 Å². The van der Waals surface area contributed by atoms with Crippen LogP contribution in [0.3, 0.4) is 0 Å². The van der Waals surface area contributed by atoms with Crippen LogP contribution in [0.4, 0.5) is 13.2 Å². The van der Waals surface area contributed by atoms with E-state index in [2.05, 4.69) is 4.98 Å². The lowest BCUT2D eigenvalue weighted by molar-refractivity contribution is 0.430. The number of pyridine rings is 1. The summed E-state index contributed by atoms with van der Waals surface area (Å²) in [5.41, 5.74) is 0.218. The van der Waals surface area contributed by atoms with Crippen LogP contribution >= 0.6 is 0 Å². The van der Waals surface area contributed by atoms with Crippen LogP contribution in [0.25, 0.3) is 0 Å². The van der Waals surface area contributed by atoms with Gasteiger partial charge in [-0.15, -0.1) is 0 Å². The fourth-order valence-corrected chi connectivity index (χ4v) is 0.984. The van der Waals surface area contributed by atoms with Gasteiger partial charge in [0.05, 0.1) is 5.69 Å². The summed E-state index contributed by atoms with van der Waals surface area (Å²) < 4.78 is 36.6. The van der Waals surface area contributed by atoms with Crippen LogP contribution in [0, 0.1) is 0 Å². The molecule has 0 spiro atoms. The lowest BCUT2D eigenvalue weighted by Crippen LogP contribution is -1.98. The highest BCUT2D eigenvalue weighted by Crippen LogP contribution is 2.15. The zero-order valence-corrected chi connectivity index (χ0v) is 6.36. The van der Waals surface area contributed by atoms with Crippen LogP contribution in [0.2, 0.25) is 0 Å². The van der Waals surface area contributed by atoms with E-state index in [0.717, 1.165) is 0 Å². The third-order valence-electron chi connectivity index (χ3n) is 1.65. The van der Waals surface area contributed by atoms with Crippen LogP contribution < -0.4 is 0 Å². The van der Waals surface area contributed by atoms with E-state index in [9.17, 15) is 13.2 Å². The fourth-order valence-electron chi connectivity index (χ4n) is 0.984. The molecule has 1 aromatic heterocycles. The van der Waals surface area contributed by atoms with Crippen molar-refractivity contribution in [2.45, 2.75) is 20.0 Å². The van der Waals surface area contributed by atoms with Crippen molar-refractivity contribution in [2.24, 2.45) is 0 Å². The molecular formula is C8H8F3N. The van der Waals surface area contributed by atoms with Crippen LogP contribution in [0.15, 0.2) is 12.3 Å². The maximum absolute atomic E-state index is 12.2. The lowest BCUT2D eigenvalue weighted by atomic mass is 10.1. The van der Waals surface area contributed by atoms with Crippen molar-refractivity contribution < 1.29 is 13.2 Å². The molecule has 1 heterocycles. The minimum absolute atomic E-state index is 0.00681. The van der Waals surface area contributed by atoms with Gasteiger partial charge < -0.3 is 0 Å². The first-order chi connectivity index (χ1) is 5.83. The highest BCUT2D eigenvalue weighted by atomic mass is 19.1. The quantitative estimate of drug-likeness (QED) is 0.687. The molecule has 0 aromatic carbocycles. The molecule has 0 aliphatic heterocycles. The molecule has 0 saturated carbocycles. The maximum Gasteiger partial charge on any atom is 0.132 e. The largest absolute Gasteiger partial charge is 0.258 e. The second kappa shape index (κ2) is 4.09. The minimum atomic E-state index is -0.869. The first kappa shape index (κ1) is 9.03. The molecule has 0 atom stereocenters. The molecule has 1 aromatic rings. The first-order valence-corrected chi connectivity index (χ1v) is 3.47. The highest BCUT2D eigenvalue weighted by molar-refractivity contribution is 5.28. The number of rotatable bonds is 3. The summed E-state index contributed by atoms with van der Waals surface area (Å²) in [5.74, 6) is 0. The summed E-state index contributed by atoms with van der Waals surface area (Å²) in [6.45, 7) is -2.51. The molecule has 0 aliphatic carbocycles. The molecule has 0 aliphatic rings. The van der Waals surface area contributed by atoms with Gasteiger partial charge in [-0.1, -0.05) is 0 Å². The van der Waals surface area contributed by atoms with Gasteiger partial charge in [-0.05, 0) is 11.6 Å². The standard InChI is InChI=1S/C8H8F3N/c9-3-6-1-2-12-8(5-11)7(6)4-10/h1-2H,3-5H2. The van der Waals surface area contributed by atoms with Gasteiger partial charge in [0.25, 0.3) is 0 Å². The molecule has 1 rings (SSSR count). The Bertz CT molecular complexity index is 240. The summed E-state index contributed by atoms with van der Waals surface area (Å²) in [6, 6.07) is 1.36. The smallest absolute Gasteiger partial charge is 0.132 e. The van der Waals surface area contributed by atoms with Gasteiger partial charge in [-0.2, -0.15) is 0 Å². The first-order valence-electron chi connectivity index (χ1n) is 3.47.